The Hall–Kier alpha value is -3.27. The van der Waals surface area contributed by atoms with E-state index >= 15 is 0 Å². The summed E-state index contributed by atoms with van der Waals surface area (Å²) in [5.41, 5.74) is 5.04. The third-order valence-electron chi connectivity index (χ3n) is 3.96. The first-order chi connectivity index (χ1) is 11.8. The molecule has 0 fully saturated rings. The van der Waals surface area contributed by atoms with Crippen LogP contribution in [0.25, 0.3) is 33.3 Å². The van der Waals surface area contributed by atoms with Crippen LogP contribution >= 0.6 is 0 Å². The number of nitrogens with zero attached hydrogens (tertiary/aromatic N) is 3. The van der Waals surface area contributed by atoms with Gasteiger partial charge in [0, 0.05) is 28.8 Å². The predicted octanol–water partition coefficient (Wildman–Crippen LogP) is 4.37. The van der Waals surface area contributed by atoms with E-state index in [2.05, 4.69) is 33.2 Å². The fourth-order valence-electron chi connectivity index (χ4n) is 2.73. The Labute approximate surface area is 139 Å². The van der Waals surface area contributed by atoms with Crippen molar-refractivity contribution >= 4 is 10.9 Å². The molecular weight excluding hydrogens is 298 g/mol. The molecule has 4 aromatic rings. The zero-order valence-electron chi connectivity index (χ0n) is 13.2. The van der Waals surface area contributed by atoms with E-state index in [9.17, 15) is 0 Å². The molecule has 0 aliphatic carbocycles. The third kappa shape index (κ3) is 2.58. The summed E-state index contributed by atoms with van der Waals surface area (Å²) in [5, 5.41) is 1.03. The van der Waals surface area contributed by atoms with Crippen molar-refractivity contribution in [3.05, 3.63) is 73.2 Å². The standard InChI is InChI=1S/C20H15N3O/c1-24-19-10-8-16(12-21-19)15-7-9-18-17(11-15)20(23-13-22-18)14-5-3-2-4-6-14/h2-13H,1H3. The number of methoxy groups -OCH3 is 1. The van der Waals surface area contributed by atoms with Crippen LogP contribution in [-0.4, -0.2) is 22.1 Å². The molecule has 4 nitrogen and oxygen atoms in total. The lowest BCUT2D eigenvalue weighted by Crippen LogP contribution is -1.90. The van der Waals surface area contributed by atoms with Gasteiger partial charge in [-0.2, -0.15) is 0 Å². The number of ether oxygens (including phenoxy) is 1. The molecule has 0 radical (unpaired) electrons. The highest BCUT2D eigenvalue weighted by Gasteiger charge is 2.08. The smallest absolute Gasteiger partial charge is 0.212 e. The van der Waals surface area contributed by atoms with Crippen LogP contribution in [0.3, 0.4) is 0 Å². The third-order valence-corrected chi connectivity index (χ3v) is 3.96. The molecule has 24 heavy (non-hydrogen) atoms. The van der Waals surface area contributed by atoms with Crippen LogP contribution in [0.5, 0.6) is 5.88 Å². The van der Waals surface area contributed by atoms with Gasteiger partial charge in [-0.25, -0.2) is 15.0 Å². The number of hydrogen-bond acceptors (Lipinski definition) is 4. The minimum Gasteiger partial charge on any atom is -0.481 e. The number of benzene rings is 2. The van der Waals surface area contributed by atoms with Crippen molar-refractivity contribution in [2.24, 2.45) is 0 Å². The molecule has 0 aliphatic heterocycles. The molecule has 0 amide bonds. The Kier molecular flexibility index (Phi) is 3.63. The van der Waals surface area contributed by atoms with Crippen LogP contribution < -0.4 is 4.74 Å². The Morgan fingerprint density at radius 2 is 1.58 bits per heavy atom. The zero-order chi connectivity index (χ0) is 16.4. The molecule has 0 unspecified atom stereocenters. The number of hydrogen-bond donors (Lipinski definition) is 0. The summed E-state index contributed by atoms with van der Waals surface area (Å²) in [4.78, 5) is 13.2. The Morgan fingerprint density at radius 1 is 0.750 bits per heavy atom. The summed E-state index contributed by atoms with van der Waals surface area (Å²) in [6, 6.07) is 20.2. The Bertz CT molecular complexity index is 983. The average molecular weight is 313 g/mol. The quantitative estimate of drug-likeness (QED) is 0.563. The van der Waals surface area contributed by atoms with Gasteiger partial charge >= 0.3 is 0 Å². The van der Waals surface area contributed by atoms with Crippen LogP contribution in [-0.2, 0) is 0 Å². The molecule has 116 valence electrons. The largest absolute Gasteiger partial charge is 0.481 e. The van der Waals surface area contributed by atoms with Crippen molar-refractivity contribution in [3.8, 4) is 28.3 Å². The monoisotopic (exact) mass is 313 g/mol. The van der Waals surface area contributed by atoms with Crippen LogP contribution in [0.4, 0.5) is 0 Å². The second-order valence-electron chi connectivity index (χ2n) is 5.41. The molecule has 0 spiro atoms. The van der Waals surface area contributed by atoms with E-state index in [0.717, 1.165) is 33.3 Å². The maximum atomic E-state index is 5.12. The van der Waals surface area contributed by atoms with Gasteiger partial charge in [0.15, 0.2) is 0 Å². The lowest BCUT2D eigenvalue weighted by Gasteiger charge is -2.08. The number of aromatic nitrogens is 3. The molecule has 0 aliphatic rings. The van der Waals surface area contributed by atoms with Crippen molar-refractivity contribution in [1.82, 2.24) is 15.0 Å². The van der Waals surface area contributed by atoms with Gasteiger partial charge in [-0.05, 0) is 23.8 Å². The van der Waals surface area contributed by atoms with Crippen LogP contribution in [0.15, 0.2) is 73.2 Å². The van der Waals surface area contributed by atoms with Crippen molar-refractivity contribution < 1.29 is 4.74 Å². The maximum Gasteiger partial charge on any atom is 0.212 e. The van der Waals surface area contributed by atoms with Crippen molar-refractivity contribution in [2.45, 2.75) is 0 Å². The highest BCUT2D eigenvalue weighted by molar-refractivity contribution is 5.94. The summed E-state index contributed by atoms with van der Waals surface area (Å²) in [6.45, 7) is 0. The minimum absolute atomic E-state index is 0.604. The van der Waals surface area contributed by atoms with E-state index in [1.54, 1.807) is 13.4 Å². The van der Waals surface area contributed by atoms with E-state index in [4.69, 9.17) is 4.74 Å². The van der Waals surface area contributed by atoms with Gasteiger partial charge in [-0.15, -0.1) is 0 Å². The number of rotatable bonds is 3. The molecular formula is C20H15N3O. The second kappa shape index (κ2) is 6.08. The molecule has 4 heteroatoms. The van der Waals surface area contributed by atoms with Gasteiger partial charge in [-0.1, -0.05) is 36.4 Å². The van der Waals surface area contributed by atoms with Gasteiger partial charge in [-0.3, -0.25) is 0 Å². The maximum absolute atomic E-state index is 5.12. The van der Waals surface area contributed by atoms with Gasteiger partial charge in [0.2, 0.25) is 5.88 Å². The van der Waals surface area contributed by atoms with Crippen molar-refractivity contribution in [1.29, 1.82) is 0 Å². The van der Waals surface area contributed by atoms with E-state index in [1.807, 2.05) is 48.7 Å². The van der Waals surface area contributed by atoms with Crippen molar-refractivity contribution in [3.63, 3.8) is 0 Å². The van der Waals surface area contributed by atoms with Crippen LogP contribution in [0.2, 0.25) is 0 Å². The van der Waals surface area contributed by atoms with E-state index in [0.29, 0.717) is 5.88 Å². The van der Waals surface area contributed by atoms with Crippen LogP contribution in [0.1, 0.15) is 0 Å². The number of fused-ring (bicyclic) bond motifs is 1. The first-order valence-corrected chi connectivity index (χ1v) is 7.66. The molecule has 2 heterocycles. The van der Waals surface area contributed by atoms with E-state index in [-0.39, 0.29) is 0 Å². The summed E-state index contributed by atoms with van der Waals surface area (Å²) < 4.78 is 5.12. The predicted molar refractivity (Wildman–Crippen MR) is 94.8 cm³/mol. The fourth-order valence-corrected chi connectivity index (χ4v) is 2.73. The Morgan fingerprint density at radius 3 is 2.33 bits per heavy atom. The molecule has 4 rings (SSSR count). The van der Waals surface area contributed by atoms with Crippen LogP contribution in [0, 0.1) is 0 Å². The minimum atomic E-state index is 0.604. The molecule has 2 aromatic carbocycles. The highest BCUT2D eigenvalue weighted by atomic mass is 16.5. The topological polar surface area (TPSA) is 47.9 Å². The highest BCUT2D eigenvalue weighted by Crippen LogP contribution is 2.29. The van der Waals surface area contributed by atoms with E-state index < -0.39 is 0 Å². The second-order valence-corrected chi connectivity index (χ2v) is 5.41. The first-order valence-electron chi connectivity index (χ1n) is 7.66. The molecule has 0 bridgehead atoms. The molecule has 0 saturated carbocycles. The summed E-state index contributed by atoms with van der Waals surface area (Å²) in [7, 11) is 1.61. The summed E-state index contributed by atoms with van der Waals surface area (Å²) >= 11 is 0. The first kappa shape index (κ1) is 14.3. The van der Waals surface area contributed by atoms with Gasteiger partial charge in [0.25, 0.3) is 0 Å². The molecule has 0 atom stereocenters. The summed E-state index contributed by atoms with van der Waals surface area (Å²) in [6.07, 6.45) is 3.42. The molecule has 0 saturated heterocycles. The lowest BCUT2D eigenvalue weighted by molar-refractivity contribution is 0.398. The average Bonchev–Trinajstić information content (AvgIpc) is 2.68. The SMILES string of the molecule is COc1ccc(-c2ccc3ncnc(-c4ccccc4)c3c2)cn1. The summed E-state index contributed by atoms with van der Waals surface area (Å²) in [5.74, 6) is 0.604. The van der Waals surface area contributed by atoms with Crippen molar-refractivity contribution in [2.75, 3.05) is 7.11 Å². The zero-order valence-corrected chi connectivity index (χ0v) is 13.2. The fraction of sp³-hybridized carbons (Fsp3) is 0.0500. The van der Waals surface area contributed by atoms with Gasteiger partial charge in [0.1, 0.15) is 6.33 Å². The lowest BCUT2D eigenvalue weighted by atomic mass is 10.0. The molecule has 2 aromatic heterocycles. The normalized spacial score (nSPS) is 10.7. The number of pyridine rings is 1. The Balaban J connectivity index is 1.87. The van der Waals surface area contributed by atoms with Gasteiger partial charge < -0.3 is 4.74 Å². The van der Waals surface area contributed by atoms with Gasteiger partial charge in [0.05, 0.1) is 18.3 Å². The molecule has 0 N–H and O–H groups in total. The van der Waals surface area contributed by atoms with E-state index in [1.165, 1.54) is 0 Å².